The van der Waals surface area contributed by atoms with E-state index in [1.54, 1.807) is 6.07 Å². The Morgan fingerprint density at radius 1 is 1.44 bits per heavy atom. The minimum atomic E-state index is -1.45. The molecular formula is C9H6N2O5. The zero-order chi connectivity index (χ0) is 12.3. The molecule has 0 atom stereocenters. The van der Waals surface area contributed by atoms with Crippen LogP contribution in [0.15, 0.2) is 10.9 Å². The number of aliphatic carboxylic acids is 1. The van der Waals surface area contributed by atoms with Gasteiger partial charge in [0.1, 0.15) is 17.3 Å². The first kappa shape index (κ1) is 11.5. The third kappa shape index (κ3) is 2.24. The van der Waals surface area contributed by atoms with Gasteiger partial charge in [-0.3, -0.25) is 9.59 Å². The summed E-state index contributed by atoms with van der Waals surface area (Å²) in [7, 11) is 0. The normalized spacial score (nSPS) is 9.44. The SMILES string of the molecule is N#Cc1cc(CC(=O)O)c(C(=O)O)[nH]c1=O. The van der Waals surface area contributed by atoms with Crippen LogP contribution in [0.1, 0.15) is 21.6 Å². The third-order valence-corrected chi connectivity index (χ3v) is 1.80. The first-order valence-corrected chi connectivity index (χ1v) is 4.07. The van der Waals surface area contributed by atoms with Crippen molar-refractivity contribution < 1.29 is 19.8 Å². The highest BCUT2D eigenvalue weighted by Gasteiger charge is 2.16. The van der Waals surface area contributed by atoms with Gasteiger partial charge in [-0.05, 0) is 11.6 Å². The van der Waals surface area contributed by atoms with E-state index in [0.29, 0.717) is 0 Å². The minimum Gasteiger partial charge on any atom is -0.481 e. The van der Waals surface area contributed by atoms with E-state index < -0.39 is 29.6 Å². The topological polar surface area (TPSA) is 131 Å². The van der Waals surface area contributed by atoms with Crippen LogP contribution in [0.3, 0.4) is 0 Å². The number of hydrogen-bond acceptors (Lipinski definition) is 4. The van der Waals surface area contributed by atoms with Gasteiger partial charge in [-0.15, -0.1) is 0 Å². The van der Waals surface area contributed by atoms with Crippen molar-refractivity contribution in [1.82, 2.24) is 4.98 Å². The molecule has 7 nitrogen and oxygen atoms in total. The predicted octanol–water partition coefficient (Wildman–Crippen LogP) is -0.428. The second-order valence-corrected chi connectivity index (χ2v) is 2.90. The number of carbonyl (C=O) groups is 2. The number of nitrogens with one attached hydrogen (secondary N) is 1. The van der Waals surface area contributed by atoms with E-state index in [2.05, 4.69) is 0 Å². The zero-order valence-electron chi connectivity index (χ0n) is 7.85. The van der Waals surface area contributed by atoms with Gasteiger partial charge in [0.2, 0.25) is 0 Å². The van der Waals surface area contributed by atoms with Crippen molar-refractivity contribution in [1.29, 1.82) is 5.26 Å². The molecule has 3 N–H and O–H groups in total. The Labute approximate surface area is 88.6 Å². The number of rotatable bonds is 3. The Hall–Kier alpha value is -2.62. The summed E-state index contributed by atoms with van der Waals surface area (Å²) in [6.07, 6.45) is -0.576. The fourth-order valence-corrected chi connectivity index (χ4v) is 1.15. The molecule has 7 heteroatoms. The predicted molar refractivity (Wildman–Crippen MR) is 50.1 cm³/mol. The maximum absolute atomic E-state index is 11.1. The molecule has 0 spiro atoms. The second-order valence-electron chi connectivity index (χ2n) is 2.90. The zero-order valence-corrected chi connectivity index (χ0v) is 7.85. The van der Waals surface area contributed by atoms with Crippen LogP contribution in [-0.2, 0) is 11.2 Å². The molecule has 1 aromatic heterocycles. The lowest BCUT2D eigenvalue weighted by molar-refractivity contribution is -0.136. The van der Waals surface area contributed by atoms with Gasteiger partial charge in [-0.1, -0.05) is 0 Å². The van der Waals surface area contributed by atoms with Crippen LogP contribution in [0.4, 0.5) is 0 Å². The highest BCUT2D eigenvalue weighted by Crippen LogP contribution is 2.07. The summed E-state index contributed by atoms with van der Waals surface area (Å²) in [5, 5.41) is 25.8. The number of aromatic amines is 1. The molecule has 0 aromatic carbocycles. The maximum atomic E-state index is 11.1. The Morgan fingerprint density at radius 2 is 2.06 bits per heavy atom. The van der Waals surface area contributed by atoms with Crippen LogP contribution in [-0.4, -0.2) is 27.1 Å². The molecule has 0 unspecified atom stereocenters. The Morgan fingerprint density at radius 3 is 2.50 bits per heavy atom. The largest absolute Gasteiger partial charge is 0.481 e. The Balaban J connectivity index is 3.44. The lowest BCUT2D eigenvalue weighted by atomic mass is 10.1. The maximum Gasteiger partial charge on any atom is 0.352 e. The summed E-state index contributed by atoms with van der Waals surface area (Å²) in [5.41, 5.74) is -1.79. The average molecular weight is 222 g/mol. The average Bonchev–Trinajstić information content (AvgIpc) is 2.19. The van der Waals surface area contributed by atoms with Crippen LogP contribution in [0.25, 0.3) is 0 Å². The molecule has 16 heavy (non-hydrogen) atoms. The molecule has 82 valence electrons. The van der Waals surface area contributed by atoms with Gasteiger partial charge in [-0.2, -0.15) is 5.26 Å². The summed E-state index contributed by atoms with van der Waals surface area (Å²) in [5.74, 6) is -2.70. The van der Waals surface area contributed by atoms with E-state index in [9.17, 15) is 14.4 Å². The number of hydrogen-bond donors (Lipinski definition) is 3. The molecule has 0 bridgehead atoms. The molecule has 0 amide bonds. The van der Waals surface area contributed by atoms with Crippen molar-refractivity contribution in [2.45, 2.75) is 6.42 Å². The molecule has 0 aliphatic carbocycles. The summed E-state index contributed by atoms with van der Waals surface area (Å²) >= 11 is 0. The van der Waals surface area contributed by atoms with Gasteiger partial charge in [0.25, 0.3) is 5.56 Å². The molecule has 0 fully saturated rings. The number of pyridine rings is 1. The number of carboxylic acids is 2. The van der Waals surface area contributed by atoms with E-state index in [0.717, 1.165) is 6.07 Å². The molecule has 0 saturated carbocycles. The monoisotopic (exact) mass is 222 g/mol. The lowest BCUT2D eigenvalue weighted by Gasteiger charge is -2.03. The first-order valence-electron chi connectivity index (χ1n) is 4.07. The standard InChI is InChI=1S/C9H6N2O5/c10-3-5-1-4(2-6(12)13)7(9(15)16)11-8(5)14/h1H,2H2,(H,11,14)(H,12,13)(H,15,16). The molecule has 0 aliphatic rings. The number of nitriles is 1. The van der Waals surface area contributed by atoms with Gasteiger partial charge in [0.05, 0.1) is 6.42 Å². The van der Waals surface area contributed by atoms with E-state index in [4.69, 9.17) is 15.5 Å². The minimum absolute atomic E-state index is 0.115. The van der Waals surface area contributed by atoms with E-state index in [-0.39, 0.29) is 11.1 Å². The van der Waals surface area contributed by atoms with Crippen molar-refractivity contribution in [3.8, 4) is 6.07 Å². The van der Waals surface area contributed by atoms with Crippen molar-refractivity contribution >= 4 is 11.9 Å². The highest BCUT2D eigenvalue weighted by atomic mass is 16.4. The molecule has 1 rings (SSSR count). The lowest BCUT2D eigenvalue weighted by Crippen LogP contribution is -2.19. The number of aromatic nitrogens is 1. The fraction of sp³-hybridized carbons (Fsp3) is 0.111. The Kier molecular flexibility index (Phi) is 3.06. The summed E-state index contributed by atoms with van der Waals surface area (Å²) in [4.78, 5) is 34.3. The third-order valence-electron chi connectivity index (χ3n) is 1.80. The van der Waals surface area contributed by atoms with Crippen LogP contribution in [0.5, 0.6) is 0 Å². The highest BCUT2D eigenvalue weighted by molar-refractivity contribution is 5.88. The van der Waals surface area contributed by atoms with Crippen molar-refractivity contribution in [3.63, 3.8) is 0 Å². The fourth-order valence-electron chi connectivity index (χ4n) is 1.15. The quantitative estimate of drug-likeness (QED) is 0.635. The molecule has 0 radical (unpaired) electrons. The number of aromatic carboxylic acids is 1. The number of nitrogens with zero attached hydrogens (tertiary/aromatic N) is 1. The van der Waals surface area contributed by atoms with E-state index in [1.165, 1.54) is 0 Å². The van der Waals surface area contributed by atoms with Crippen LogP contribution >= 0.6 is 0 Å². The number of H-pyrrole nitrogens is 1. The van der Waals surface area contributed by atoms with Crippen LogP contribution in [0.2, 0.25) is 0 Å². The Bertz CT molecular complexity index is 552. The van der Waals surface area contributed by atoms with Crippen LogP contribution in [0, 0.1) is 11.3 Å². The molecule has 0 saturated heterocycles. The second kappa shape index (κ2) is 4.27. The summed E-state index contributed by atoms with van der Waals surface area (Å²) in [6.45, 7) is 0. The molecule has 1 heterocycles. The van der Waals surface area contributed by atoms with Gasteiger partial charge < -0.3 is 15.2 Å². The summed E-state index contributed by atoms with van der Waals surface area (Å²) < 4.78 is 0. The van der Waals surface area contributed by atoms with E-state index >= 15 is 0 Å². The molecule has 1 aromatic rings. The summed E-state index contributed by atoms with van der Waals surface area (Å²) in [6, 6.07) is 2.51. The smallest absolute Gasteiger partial charge is 0.352 e. The van der Waals surface area contributed by atoms with Gasteiger partial charge in [0, 0.05) is 0 Å². The van der Waals surface area contributed by atoms with Crippen molar-refractivity contribution in [2.24, 2.45) is 0 Å². The van der Waals surface area contributed by atoms with Gasteiger partial charge in [-0.25, -0.2) is 4.79 Å². The van der Waals surface area contributed by atoms with Crippen molar-refractivity contribution in [2.75, 3.05) is 0 Å². The van der Waals surface area contributed by atoms with Gasteiger partial charge >= 0.3 is 11.9 Å². The molecule has 0 aliphatic heterocycles. The van der Waals surface area contributed by atoms with Gasteiger partial charge in [0.15, 0.2) is 0 Å². The van der Waals surface area contributed by atoms with Crippen molar-refractivity contribution in [3.05, 3.63) is 33.2 Å². The first-order chi connectivity index (χ1) is 7.45. The van der Waals surface area contributed by atoms with E-state index in [1.807, 2.05) is 4.98 Å². The molecular weight excluding hydrogens is 216 g/mol. The van der Waals surface area contributed by atoms with Crippen LogP contribution < -0.4 is 5.56 Å². The number of carboxylic acid groups (broad SMARTS) is 2.